The molecule has 0 aliphatic rings. The Morgan fingerprint density at radius 2 is 1.76 bits per heavy atom. The molecule has 1 amide bonds. The third-order valence-electron chi connectivity index (χ3n) is 4.22. The molecule has 0 aliphatic heterocycles. The highest BCUT2D eigenvalue weighted by atomic mass is 32.2. The van der Waals surface area contributed by atoms with E-state index in [0.29, 0.717) is 17.2 Å². The molecule has 2 aromatic carbocycles. The highest BCUT2D eigenvalue weighted by Crippen LogP contribution is 2.21. The van der Waals surface area contributed by atoms with Gasteiger partial charge in [0.15, 0.2) is 0 Å². The average Bonchev–Trinajstić information content (AvgIpc) is 2.61. The van der Waals surface area contributed by atoms with E-state index in [2.05, 4.69) is 19.2 Å². The highest BCUT2D eigenvalue weighted by Gasteiger charge is 2.18. The zero-order valence-corrected chi connectivity index (χ0v) is 15.8. The van der Waals surface area contributed by atoms with E-state index in [9.17, 15) is 13.2 Å². The maximum Gasteiger partial charge on any atom is 0.255 e. The third-order valence-corrected chi connectivity index (χ3v) is 6.04. The van der Waals surface area contributed by atoms with Crippen LogP contribution < -0.4 is 5.32 Å². The van der Waals surface area contributed by atoms with Crippen LogP contribution in [0.1, 0.15) is 42.1 Å². The largest absolute Gasteiger partial charge is 0.322 e. The Morgan fingerprint density at radius 3 is 2.32 bits per heavy atom. The predicted molar refractivity (Wildman–Crippen MR) is 100 cm³/mol. The fraction of sp³-hybridized carbons (Fsp3) is 0.316. The van der Waals surface area contributed by atoms with Crippen LogP contribution in [-0.2, 0) is 10.0 Å². The average molecular weight is 360 g/mol. The fourth-order valence-electron chi connectivity index (χ4n) is 2.34. The first-order valence-corrected chi connectivity index (χ1v) is 9.63. The van der Waals surface area contributed by atoms with Gasteiger partial charge in [-0.2, -0.15) is 0 Å². The van der Waals surface area contributed by atoms with Crippen LogP contribution in [0, 0.1) is 0 Å². The third kappa shape index (κ3) is 4.46. The Kier molecular flexibility index (Phi) is 5.98. The molecular formula is C19H24N2O3S. The second-order valence-corrected chi connectivity index (χ2v) is 8.35. The lowest BCUT2D eigenvalue weighted by Crippen LogP contribution is -2.22. The van der Waals surface area contributed by atoms with Crippen molar-refractivity contribution in [1.82, 2.24) is 4.31 Å². The van der Waals surface area contributed by atoms with E-state index in [4.69, 9.17) is 0 Å². The Morgan fingerprint density at radius 1 is 1.12 bits per heavy atom. The molecule has 2 aromatic rings. The zero-order valence-electron chi connectivity index (χ0n) is 15.0. The molecule has 0 spiro atoms. The van der Waals surface area contributed by atoms with Crippen molar-refractivity contribution in [3.8, 4) is 0 Å². The smallest absolute Gasteiger partial charge is 0.255 e. The van der Waals surface area contributed by atoms with E-state index >= 15 is 0 Å². The lowest BCUT2D eigenvalue weighted by atomic mass is 9.98. The van der Waals surface area contributed by atoms with Crippen molar-refractivity contribution in [2.75, 3.05) is 19.4 Å². The Labute approximate surface area is 149 Å². The van der Waals surface area contributed by atoms with E-state index < -0.39 is 10.0 Å². The van der Waals surface area contributed by atoms with Crippen LogP contribution in [0.4, 0.5) is 5.69 Å². The molecule has 5 nitrogen and oxygen atoms in total. The quantitative estimate of drug-likeness (QED) is 0.854. The molecular weight excluding hydrogens is 336 g/mol. The Balaban J connectivity index is 2.19. The van der Waals surface area contributed by atoms with E-state index in [1.807, 2.05) is 24.3 Å². The van der Waals surface area contributed by atoms with Gasteiger partial charge in [-0.05, 0) is 48.2 Å². The molecule has 0 unspecified atom stereocenters. The van der Waals surface area contributed by atoms with Crippen LogP contribution in [0.25, 0.3) is 0 Å². The number of amides is 1. The first-order chi connectivity index (χ1) is 11.8. The molecule has 1 N–H and O–H groups in total. The maximum absolute atomic E-state index is 12.4. The van der Waals surface area contributed by atoms with Crippen molar-refractivity contribution in [2.45, 2.75) is 31.1 Å². The van der Waals surface area contributed by atoms with Gasteiger partial charge in [0.1, 0.15) is 0 Å². The molecule has 134 valence electrons. The van der Waals surface area contributed by atoms with Gasteiger partial charge in [0.05, 0.1) is 4.90 Å². The lowest BCUT2D eigenvalue weighted by Gasteiger charge is -2.13. The molecule has 2 rings (SSSR count). The number of nitrogens with zero attached hydrogens (tertiary/aromatic N) is 1. The molecule has 0 heterocycles. The molecule has 6 heteroatoms. The normalized spacial score (nSPS) is 12.8. The van der Waals surface area contributed by atoms with Crippen LogP contribution in [0.15, 0.2) is 53.4 Å². The van der Waals surface area contributed by atoms with Crippen molar-refractivity contribution in [3.63, 3.8) is 0 Å². The second-order valence-electron chi connectivity index (χ2n) is 6.20. The second kappa shape index (κ2) is 7.80. The summed E-state index contributed by atoms with van der Waals surface area (Å²) in [4.78, 5) is 12.5. The number of carbonyl (C=O) groups excluding carboxylic acids is 1. The Hall–Kier alpha value is -2.18. The number of hydrogen-bond donors (Lipinski definition) is 1. The Bertz CT molecular complexity index is 843. The first kappa shape index (κ1) is 19.1. The molecule has 0 radical (unpaired) electrons. The topological polar surface area (TPSA) is 66.5 Å². The SMILES string of the molecule is CC[C@H](C)c1ccc(NC(=O)c2cccc(S(=O)(=O)N(C)C)c2)cc1. The summed E-state index contributed by atoms with van der Waals surface area (Å²) in [6.45, 7) is 4.29. The van der Waals surface area contributed by atoms with Gasteiger partial charge in [-0.3, -0.25) is 4.79 Å². The van der Waals surface area contributed by atoms with E-state index in [-0.39, 0.29) is 10.8 Å². The van der Waals surface area contributed by atoms with Gasteiger partial charge in [-0.1, -0.05) is 32.0 Å². The minimum absolute atomic E-state index is 0.0947. The first-order valence-electron chi connectivity index (χ1n) is 8.19. The molecule has 1 atom stereocenters. The molecule has 0 aromatic heterocycles. The van der Waals surface area contributed by atoms with Gasteiger partial charge in [0.25, 0.3) is 5.91 Å². The lowest BCUT2D eigenvalue weighted by molar-refractivity contribution is 0.102. The fourth-order valence-corrected chi connectivity index (χ4v) is 3.29. The van der Waals surface area contributed by atoms with Gasteiger partial charge < -0.3 is 5.32 Å². The van der Waals surface area contributed by atoms with Crippen molar-refractivity contribution in [2.24, 2.45) is 0 Å². The minimum atomic E-state index is -3.57. The molecule has 25 heavy (non-hydrogen) atoms. The van der Waals surface area contributed by atoms with Gasteiger partial charge in [-0.15, -0.1) is 0 Å². The summed E-state index contributed by atoms with van der Waals surface area (Å²) < 4.78 is 25.5. The maximum atomic E-state index is 12.4. The van der Waals surface area contributed by atoms with Crippen LogP contribution in [0.5, 0.6) is 0 Å². The number of benzene rings is 2. The van der Waals surface area contributed by atoms with Crippen molar-refractivity contribution in [1.29, 1.82) is 0 Å². The van der Waals surface area contributed by atoms with Crippen molar-refractivity contribution >= 4 is 21.6 Å². The van der Waals surface area contributed by atoms with E-state index in [1.54, 1.807) is 12.1 Å². The van der Waals surface area contributed by atoms with E-state index in [1.165, 1.54) is 31.8 Å². The number of sulfonamides is 1. The summed E-state index contributed by atoms with van der Waals surface area (Å²) in [5.74, 6) is 0.129. The standard InChI is InChI=1S/C19H24N2O3S/c1-5-14(2)15-9-11-17(12-10-15)20-19(22)16-7-6-8-18(13-16)25(23,24)21(3)4/h6-14H,5H2,1-4H3,(H,20,22)/t14-/m0/s1. The summed E-state index contributed by atoms with van der Waals surface area (Å²) in [7, 11) is -0.652. The predicted octanol–water partition coefficient (Wildman–Crippen LogP) is 3.70. The molecule has 0 aliphatic carbocycles. The summed E-state index contributed by atoms with van der Waals surface area (Å²) in [6.07, 6.45) is 1.05. The van der Waals surface area contributed by atoms with Gasteiger partial charge >= 0.3 is 0 Å². The number of anilines is 1. The molecule has 0 bridgehead atoms. The van der Waals surface area contributed by atoms with Crippen LogP contribution in [0.3, 0.4) is 0 Å². The molecule has 0 saturated heterocycles. The zero-order chi connectivity index (χ0) is 18.6. The van der Waals surface area contributed by atoms with Crippen LogP contribution >= 0.6 is 0 Å². The number of hydrogen-bond acceptors (Lipinski definition) is 3. The minimum Gasteiger partial charge on any atom is -0.322 e. The van der Waals surface area contributed by atoms with Gasteiger partial charge in [-0.25, -0.2) is 12.7 Å². The van der Waals surface area contributed by atoms with Crippen molar-refractivity contribution < 1.29 is 13.2 Å². The van der Waals surface area contributed by atoms with Crippen LogP contribution in [0.2, 0.25) is 0 Å². The summed E-state index contributed by atoms with van der Waals surface area (Å²) in [5.41, 5.74) is 2.20. The van der Waals surface area contributed by atoms with Gasteiger partial charge in [0.2, 0.25) is 10.0 Å². The number of rotatable bonds is 6. The van der Waals surface area contributed by atoms with Crippen molar-refractivity contribution in [3.05, 3.63) is 59.7 Å². The van der Waals surface area contributed by atoms with Crippen LogP contribution in [-0.4, -0.2) is 32.7 Å². The molecule has 0 saturated carbocycles. The number of carbonyl (C=O) groups is 1. The summed E-state index contributed by atoms with van der Waals surface area (Å²) >= 11 is 0. The highest BCUT2D eigenvalue weighted by molar-refractivity contribution is 7.89. The summed E-state index contributed by atoms with van der Waals surface area (Å²) in [5, 5.41) is 2.80. The van der Waals surface area contributed by atoms with Gasteiger partial charge in [0, 0.05) is 25.3 Å². The molecule has 0 fully saturated rings. The summed E-state index contributed by atoms with van der Waals surface area (Å²) in [6, 6.07) is 13.7. The van der Waals surface area contributed by atoms with E-state index in [0.717, 1.165) is 10.7 Å². The number of nitrogens with one attached hydrogen (secondary N) is 1. The monoisotopic (exact) mass is 360 g/mol.